The third-order valence-electron chi connectivity index (χ3n) is 3.71. The van der Waals surface area contributed by atoms with Crippen LogP contribution in [0.3, 0.4) is 0 Å². The maximum absolute atomic E-state index is 12.3. The van der Waals surface area contributed by atoms with Gasteiger partial charge < -0.3 is 0 Å². The SMILES string of the molecule is C=C(C)C(C)Cc1ccc(C(=O)c2ccc(Cl)cc2)cc1. The Bertz CT molecular complexity index is 638. The zero-order valence-electron chi connectivity index (χ0n) is 12.4. The lowest BCUT2D eigenvalue weighted by molar-refractivity contribution is 0.103. The molecule has 108 valence electrons. The third-order valence-corrected chi connectivity index (χ3v) is 3.96. The molecule has 0 bridgehead atoms. The highest BCUT2D eigenvalue weighted by Gasteiger charge is 2.10. The average Bonchev–Trinajstić information content (AvgIpc) is 2.48. The first-order valence-corrected chi connectivity index (χ1v) is 7.40. The molecule has 0 aliphatic carbocycles. The van der Waals surface area contributed by atoms with Gasteiger partial charge in [0, 0.05) is 16.1 Å². The fourth-order valence-corrected chi connectivity index (χ4v) is 2.21. The van der Waals surface area contributed by atoms with Crippen LogP contribution in [0.25, 0.3) is 0 Å². The van der Waals surface area contributed by atoms with Crippen LogP contribution in [0.4, 0.5) is 0 Å². The topological polar surface area (TPSA) is 17.1 Å². The third kappa shape index (κ3) is 4.05. The average molecular weight is 299 g/mol. The van der Waals surface area contributed by atoms with Gasteiger partial charge in [0.2, 0.25) is 0 Å². The molecule has 0 radical (unpaired) electrons. The molecule has 0 fully saturated rings. The summed E-state index contributed by atoms with van der Waals surface area (Å²) in [6, 6.07) is 14.8. The van der Waals surface area contributed by atoms with E-state index in [0.29, 0.717) is 22.1 Å². The number of hydrogen-bond acceptors (Lipinski definition) is 1. The Kier molecular flexibility index (Phi) is 4.98. The zero-order chi connectivity index (χ0) is 15.4. The minimum Gasteiger partial charge on any atom is -0.289 e. The van der Waals surface area contributed by atoms with Crippen molar-refractivity contribution in [1.29, 1.82) is 0 Å². The molecule has 0 aromatic heterocycles. The van der Waals surface area contributed by atoms with Gasteiger partial charge in [0.05, 0.1) is 0 Å². The molecule has 0 amide bonds. The molecule has 2 aromatic rings. The standard InChI is InChI=1S/C19H19ClO/c1-13(2)14(3)12-15-4-6-16(7-5-15)19(21)17-8-10-18(20)11-9-17/h4-11,14H,1,12H2,2-3H3. The van der Waals surface area contributed by atoms with E-state index in [1.807, 2.05) is 31.2 Å². The minimum absolute atomic E-state index is 0.0196. The molecule has 0 spiro atoms. The number of rotatable bonds is 5. The van der Waals surface area contributed by atoms with E-state index in [0.717, 1.165) is 6.42 Å². The molecule has 2 heteroatoms. The highest BCUT2D eigenvalue weighted by Crippen LogP contribution is 2.18. The molecule has 1 nitrogen and oxygen atoms in total. The molecule has 0 saturated heterocycles. The molecule has 0 aliphatic heterocycles. The smallest absolute Gasteiger partial charge is 0.193 e. The summed E-state index contributed by atoms with van der Waals surface area (Å²) in [4.78, 5) is 12.3. The Morgan fingerprint density at radius 3 is 2.00 bits per heavy atom. The van der Waals surface area contributed by atoms with Crippen molar-refractivity contribution >= 4 is 17.4 Å². The Labute approximate surface area is 131 Å². The predicted molar refractivity (Wildman–Crippen MR) is 89.0 cm³/mol. The summed E-state index contributed by atoms with van der Waals surface area (Å²) in [5, 5.41) is 0.635. The van der Waals surface area contributed by atoms with Gasteiger partial charge in [0.15, 0.2) is 5.78 Å². The molecule has 0 heterocycles. The van der Waals surface area contributed by atoms with E-state index in [-0.39, 0.29) is 5.78 Å². The van der Waals surface area contributed by atoms with Crippen molar-refractivity contribution in [2.24, 2.45) is 5.92 Å². The number of benzene rings is 2. The number of hydrogen-bond donors (Lipinski definition) is 0. The zero-order valence-corrected chi connectivity index (χ0v) is 13.2. The van der Waals surface area contributed by atoms with Crippen LogP contribution in [0.1, 0.15) is 35.3 Å². The van der Waals surface area contributed by atoms with Crippen molar-refractivity contribution in [3.05, 3.63) is 82.4 Å². The Balaban J connectivity index is 2.13. The van der Waals surface area contributed by atoms with Crippen molar-refractivity contribution in [2.45, 2.75) is 20.3 Å². The maximum Gasteiger partial charge on any atom is 0.193 e. The fourth-order valence-electron chi connectivity index (χ4n) is 2.09. The molecule has 21 heavy (non-hydrogen) atoms. The molecule has 2 aromatic carbocycles. The van der Waals surface area contributed by atoms with Crippen LogP contribution in [0.15, 0.2) is 60.7 Å². The number of halogens is 1. The summed E-state index contributed by atoms with van der Waals surface area (Å²) in [7, 11) is 0. The molecule has 0 N–H and O–H groups in total. The van der Waals surface area contributed by atoms with Gasteiger partial charge in [0.1, 0.15) is 0 Å². The largest absolute Gasteiger partial charge is 0.289 e. The molecule has 0 aliphatic rings. The van der Waals surface area contributed by atoms with Gasteiger partial charge in [0.25, 0.3) is 0 Å². The van der Waals surface area contributed by atoms with E-state index in [9.17, 15) is 4.79 Å². The van der Waals surface area contributed by atoms with Crippen LogP contribution in [0.2, 0.25) is 5.02 Å². The molecular weight excluding hydrogens is 280 g/mol. The number of carbonyl (C=O) groups excluding carboxylic acids is 1. The molecule has 1 atom stereocenters. The fraction of sp³-hybridized carbons (Fsp3) is 0.211. The first kappa shape index (κ1) is 15.5. The number of allylic oxidation sites excluding steroid dienone is 1. The van der Waals surface area contributed by atoms with Crippen LogP contribution >= 0.6 is 11.6 Å². The van der Waals surface area contributed by atoms with Crippen molar-refractivity contribution < 1.29 is 4.79 Å². The normalized spacial score (nSPS) is 12.0. The van der Waals surface area contributed by atoms with Crippen molar-refractivity contribution in [3.8, 4) is 0 Å². The van der Waals surface area contributed by atoms with E-state index < -0.39 is 0 Å². The Morgan fingerprint density at radius 2 is 1.52 bits per heavy atom. The first-order chi connectivity index (χ1) is 9.97. The number of ketones is 1. The van der Waals surface area contributed by atoms with E-state index >= 15 is 0 Å². The lowest BCUT2D eigenvalue weighted by Crippen LogP contribution is -2.03. The number of carbonyl (C=O) groups is 1. The van der Waals surface area contributed by atoms with Crippen LogP contribution in [0.5, 0.6) is 0 Å². The van der Waals surface area contributed by atoms with Gasteiger partial charge in [-0.05, 0) is 49.1 Å². The quantitative estimate of drug-likeness (QED) is 0.539. The van der Waals surface area contributed by atoms with Gasteiger partial charge in [-0.3, -0.25) is 4.79 Å². The van der Waals surface area contributed by atoms with E-state index in [2.05, 4.69) is 13.5 Å². The molecule has 0 saturated carbocycles. The Morgan fingerprint density at radius 1 is 1.05 bits per heavy atom. The summed E-state index contributed by atoms with van der Waals surface area (Å²) in [6.07, 6.45) is 0.949. The van der Waals surface area contributed by atoms with Crippen LogP contribution < -0.4 is 0 Å². The highest BCUT2D eigenvalue weighted by atomic mass is 35.5. The highest BCUT2D eigenvalue weighted by molar-refractivity contribution is 6.30. The second kappa shape index (κ2) is 6.73. The van der Waals surface area contributed by atoms with Crippen molar-refractivity contribution in [2.75, 3.05) is 0 Å². The molecule has 2 rings (SSSR count). The van der Waals surface area contributed by atoms with Gasteiger partial charge in [-0.1, -0.05) is 54.9 Å². The van der Waals surface area contributed by atoms with Crippen LogP contribution in [-0.4, -0.2) is 5.78 Å². The second-order valence-electron chi connectivity index (χ2n) is 5.48. The van der Waals surface area contributed by atoms with Crippen molar-refractivity contribution in [3.63, 3.8) is 0 Å². The summed E-state index contributed by atoms with van der Waals surface area (Å²) >= 11 is 5.84. The van der Waals surface area contributed by atoms with E-state index in [4.69, 9.17) is 11.6 Å². The summed E-state index contributed by atoms with van der Waals surface area (Å²) in [5.74, 6) is 0.467. The summed E-state index contributed by atoms with van der Waals surface area (Å²) in [6.45, 7) is 8.19. The minimum atomic E-state index is 0.0196. The second-order valence-corrected chi connectivity index (χ2v) is 5.92. The van der Waals surface area contributed by atoms with Crippen LogP contribution in [-0.2, 0) is 6.42 Å². The Hall–Kier alpha value is -1.86. The van der Waals surface area contributed by atoms with Gasteiger partial charge in [-0.2, -0.15) is 0 Å². The maximum atomic E-state index is 12.3. The summed E-state index contributed by atoms with van der Waals surface area (Å²) < 4.78 is 0. The monoisotopic (exact) mass is 298 g/mol. The van der Waals surface area contributed by atoms with Crippen LogP contribution in [0, 0.1) is 5.92 Å². The lowest BCUT2D eigenvalue weighted by Gasteiger charge is -2.11. The summed E-state index contributed by atoms with van der Waals surface area (Å²) in [5.41, 5.74) is 3.75. The van der Waals surface area contributed by atoms with Gasteiger partial charge in [-0.15, -0.1) is 0 Å². The van der Waals surface area contributed by atoms with Crippen molar-refractivity contribution in [1.82, 2.24) is 0 Å². The van der Waals surface area contributed by atoms with Gasteiger partial charge >= 0.3 is 0 Å². The van der Waals surface area contributed by atoms with Gasteiger partial charge in [-0.25, -0.2) is 0 Å². The first-order valence-electron chi connectivity index (χ1n) is 7.02. The predicted octanol–water partition coefficient (Wildman–Crippen LogP) is 5.33. The van der Waals surface area contributed by atoms with E-state index in [1.165, 1.54) is 11.1 Å². The van der Waals surface area contributed by atoms with E-state index in [1.54, 1.807) is 24.3 Å². The lowest BCUT2D eigenvalue weighted by atomic mass is 9.94. The molecular formula is C19H19ClO. The molecule has 1 unspecified atom stereocenters.